The average molecular weight is 286 g/mol. The molecule has 90 valence electrons. The summed E-state index contributed by atoms with van der Waals surface area (Å²) < 4.78 is 0. The van der Waals surface area contributed by atoms with Gasteiger partial charge in [-0.05, 0) is 12.3 Å². The minimum Gasteiger partial charge on any atom is -0.360 e. The number of anilines is 1. The fourth-order valence-corrected chi connectivity index (χ4v) is 1.58. The third-order valence-corrected chi connectivity index (χ3v) is 2.98. The van der Waals surface area contributed by atoms with Crippen LogP contribution in [0.3, 0.4) is 0 Å². The monoisotopic (exact) mass is 285 g/mol. The maximum atomic E-state index is 4.30. The Morgan fingerprint density at radius 3 is 2.56 bits per heavy atom. The molecule has 3 nitrogen and oxygen atoms in total. The number of aromatic nitrogens is 2. The lowest BCUT2D eigenvalue weighted by atomic mass is 10.1. The van der Waals surface area contributed by atoms with Crippen molar-refractivity contribution in [3.8, 4) is 0 Å². The van der Waals surface area contributed by atoms with Gasteiger partial charge in [-0.2, -0.15) is 0 Å². The van der Waals surface area contributed by atoms with E-state index in [1.807, 2.05) is 0 Å². The van der Waals surface area contributed by atoms with Crippen molar-refractivity contribution in [2.24, 2.45) is 0 Å². The average Bonchev–Trinajstić information content (AvgIpc) is 2.26. The van der Waals surface area contributed by atoms with Gasteiger partial charge >= 0.3 is 0 Å². The zero-order valence-corrected chi connectivity index (χ0v) is 12.0. The molecule has 0 aliphatic carbocycles. The predicted octanol–water partition coefficient (Wildman–Crippen LogP) is 3.21. The molecule has 0 aromatic carbocycles. The quantitative estimate of drug-likeness (QED) is 0.778. The largest absolute Gasteiger partial charge is 0.360 e. The van der Waals surface area contributed by atoms with Crippen LogP contribution in [0.4, 0.5) is 5.82 Å². The van der Waals surface area contributed by atoms with Gasteiger partial charge in [0, 0.05) is 30.2 Å². The zero-order valence-electron chi connectivity index (χ0n) is 10.4. The standard InChI is InChI=1S/C12H20BrN3/c1-9(2)11-7-12(15-8-14-11)16(4)6-5-10(3)13/h7-10H,5-6H2,1-4H3. The topological polar surface area (TPSA) is 29.0 Å². The van der Waals surface area contributed by atoms with Crippen molar-refractivity contribution in [3.63, 3.8) is 0 Å². The highest BCUT2D eigenvalue weighted by atomic mass is 79.9. The summed E-state index contributed by atoms with van der Waals surface area (Å²) in [6.45, 7) is 7.45. The molecule has 1 aromatic rings. The molecule has 0 aliphatic rings. The highest BCUT2D eigenvalue weighted by Crippen LogP contribution is 2.16. The van der Waals surface area contributed by atoms with Crippen LogP contribution < -0.4 is 4.90 Å². The molecule has 0 amide bonds. The number of halogens is 1. The van der Waals surface area contributed by atoms with Crippen molar-refractivity contribution in [2.75, 3.05) is 18.5 Å². The molecule has 0 saturated carbocycles. The van der Waals surface area contributed by atoms with Crippen LogP contribution >= 0.6 is 15.9 Å². The van der Waals surface area contributed by atoms with Crippen LogP contribution in [-0.4, -0.2) is 28.4 Å². The maximum Gasteiger partial charge on any atom is 0.131 e. The molecule has 0 spiro atoms. The Morgan fingerprint density at radius 1 is 1.31 bits per heavy atom. The van der Waals surface area contributed by atoms with Gasteiger partial charge in [-0.25, -0.2) is 9.97 Å². The fraction of sp³-hybridized carbons (Fsp3) is 0.667. The van der Waals surface area contributed by atoms with Crippen LogP contribution in [-0.2, 0) is 0 Å². The van der Waals surface area contributed by atoms with E-state index in [0.29, 0.717) is 10.7 Å². The summed E-state index contributed by atoms with van der Waals surface area (Å²) in [5.41, 5.74) is 1.10. The molecule has 0 saturated heterocycles. The smallest absolute Gasteiger partial charge is 0.131 e. The molecule has 0 fully saturated rings. The molecular formula is C12H20BrN3. The first-order valence-electron chi connectivity index (χ1n) is 5.68. The second kappa shape index (κ2) is 6.18. The Hall–Kier alpha value is -0.640. The van der Waals surface area contributed by atoms with Crippen molar-refractivity contribution in [2.45, 2.75) is 37.9 Å². The maximum absolute atomic E-state index is 4.30. The Bertz CT molecular complexity index is 326. The second-order valence-electron chi connectivity index (χ2n) is 4.45. The molecule has 0 N–H and O–H groups in total. The lowest BCUT2D eigenvalue weighted by Crippen LogP contribution is -2.21. The second-order valence-corrected chi connectivity index (χ2v) is 6.01. The van der Waals surface area contributed by atoms with Crippen LogP contribution in [0.5, 0.6) is 0 Å². The van der Waals surface area contributed by atoms with Crippen molar-refractivity contribution < 1.29 is 0 Å². The van der Waals surface area contributed by atoms with Crippen LogP contribution in [0.2, 0.25) is 0 Å². The molecule has 1 unspecified atom stereocenters. The first-order valence-corrected chi connectivity index (χ1v) is 6.59. The highest BCUT2D eigenvalue weighted by Gasteiger charge is 2.07. The van der Waals surface area contributed by atoms with E-state index in [0.717, 1.165) is 24.5 Å². The predicted molar refractivity (Wildman–Crippen MR) is 72.4 cm³/mol. The summed E-state index contributed by atoms with van der Waals surface area (Å²) in [6, 6.07) is 2.07. The molecule has 0 radical (unpaired) electrons. The van der Waals surface area contributed by atoms with Crippen LogP contribution in [0.1, 0.15) is 38.8 Å². The molecule has 0 aliphatic heterocycles. The van der Waals surface area contributed by atoms with E-state index in [4.69, 9.17) is 0 Å². The molecule has 1 aromatic heterocycles. The minimum absolute atomic E-state index is 0.449. The lowest BCUT2D eigenvalue weighted by Gasteiger charge is -2.19. The van der Waals surface area contributed by atoms with Gasteiger partial charge in [0.25, 0.3) is 0 Å². The fourth-order valence-electron chi connectivity index (χ4n) is 1.37. The lowest BCUT2D eigenvalue weighted by molar-refractivity contribution is 0.766. The number of nitrogens with zero attached hydrogens (tertiary/aromatic N) is 3. The normalized spacial score (nSPS) is 12.9. The van der Waals surface area contributed by atoms with Gasteiger partial charge in [-0.3, -0.25) is 0 Å². The number of hydrogen-bond donors (Lipinski definition) is 0. The first-order chi connectivity index (χ1) is 7.50. The van der Waals surface area contributed by atoms with E-state index in [1.165, 1.54) is 0 Å². The van der Waals surface area contributed by atoms with E-state index in [1.54, 1.807) is 6.33 Å². The Balaban J connectivity index is 2.68. The van der Waals surface area contributed by atoms with E-state index in [9.17, 15) is 0 Å². The summed E-state index contributed by atoms with van der Waals surface area (Å²) in [7, 11) is 2.07. The van der Waals surface area contributed by atoms with Crippen molar-refractivity contribution in [1.29, 1.82) is 0 Å². The van der Waals surface area contributed by atoms with Crippen molar-refractivity contribution in [1.82, 2.24) is 9.97 Å². The summed E-state index contributed by atoms with van der Waals surface area (Å²) >= 11 is 3.55. The minimum atomic E-state index is 0.449. The van der Waals surface area contributed by atoms with Gasteiger partial charge in [-0.1, -0.05) is 36.7 Å². The Morgan fingerprint density at radius 2 is 2.00 bits per heavy atom. The Labute approximate surface area is 106 Å². The van der Waals surface area contributed by atoms with Gasteiger partial charge < -0.3 is 4.90 Å². The van der Waals surface area contributed by atoms with Gasteiger partial charge in [0.15, 0.2) is 0 Å². The first kappa shape index (κ1) is 13.4. The van der Waals surface area contributed by atoms with Crippen LogP contribution in [0.25, 0.3) is 0 Å². The van der Waals surface area contributed by atoms with Gasteiger partial charge in [-0.15, -0.1) is 0 Å². The molecule has 4 heteroatoms. The van der Waals surface area contributed by atoms with E-state index >= 15 is 0 Å². The van der Waals surface area contributed by atoms with E-state index in [2.05, 4.69) is 64.7 Å². The van der Waals surface area contributed by atoms with Gasteiger partial charge in [0.1, 0.15) is 12.1 Å². The molecular weight excluding hydrogens is 266 g/mol. The summed E-state index contributed by atoms with van der Waals surface area (Å²) in [5, 5.41) is 0. The summed E-state index contributed by atoms with van der Waals surface area (Å²) in [4.78, 5) is 11.3. The summed E-state index contributed by atoms with van der Waals surface area (Å²) in [6.07, 6.45) is 2.76. The summed E-state index contributed by atoms with van der Waals surface area (Å²) in [5.74, 6) is 1.46. The van der Waals surface area contributed by atoms with Crippen molar-refractivity contribution in [3.05, 3.63) is 18.1 Å². The van der Waals surface area contributed by atoms with Crippen LogP contribution in [0, 0.1) is 0 Å². The zero-order chi connectivity index (χ0) is 12.1. The molecule has 16 heavy (non-hydrogen) atoms. The number of alkyl halides is 1. The third-order valence-electron chi connectivity index (χ3n) is 2.52. The van der Waals surface area contributed by atoms with Gasteiger partial charge in [0.05, 0.1) is 0 Å². The SMILES string of the molecule is CC(Br)CCN(C)c1cc(C(C)C)ncn1. The molecule has 1 atom stereocenters. The van der Waals surface area contributed by atoms with Crippen LogP contribution in [0.15, 0.2) is 12.4 Å². The highest BCUT2D eigenvalue weighted by molar-refractivity contribution is 9.09. The van der Waals surface area contributed by atoms with Crippen molar-refractivity contribution >= 4 is 21.7 Å². The molecule has 1 rings (SSSR count). The third kappa shape index (κ3) is 4.08. The number of hydrogen-bond acceptors (Lipinski definition) is 3. The molecule has 1 heterocycles. The van der Waals surface area contributed by atoms with Gasteiger partial charge in [0.2, 0.25) is 0 Å². The number of rotatable bonds is 5. The Kier molecular flexibility index (Phi) is 5.19. The molecule has 0 bridgehead atoms. The van der Waals surface area contributed by atoms with E-state index in [-0.39, 0.29) is 0 Å². The van der Waals surface area contributed by atoms with E-state index < -0.39 is 0 Å².